The highest BCUT2D eigenvalue weighted by molar-refractivity contribution is 6.30. The van der Waals surface area contributed by atoms with Crippen LogP contribution in [-0.2, 0) is 16.0 Å². The van der Waals surface area contributed by atoms with E-state index in [-0.39, 0.29) is 24.2 Å². The third kappa shape index (κ3) is 5.15. The molecule has 0 aromatic heterocycles. The maximum atomic E-state index is 12.8. The molecule has 0 saturated carbocycles. The Morgan fingerprint density at radius 3 is 2.45 bits per heavy atom. The molecule has 0 bridgehead atoms. The van der Waals surface area contributed by atoms with Crippen molar-refractivity contribution >= 4 is 39.9 Å². The lowest BCUT2D eigenvalue weighted by Gasteiger charge is -2.22. The van der Waals surface area contributed by atoms with Crippen molar-refractivity contribution in [3.63, 3.8) is 0 Å². The SMILES string of the molecule is Cc1cc(Cl)ccc1NC(=O)[C@@H](NC(=O)Cc1cccc2ccccc12)C(C)C. The lowest BCUT2D eigenvalue weighted by atomic mass is 10.00. The summed E-state index contributed by atoms with van der Waals surface area (Å²) in [6.45, 7) is 5.71. The predicted molar refractivity (Wildman–Crippen MR) is 119 cm³/mol. The number of hydrogen-bond donors (Lipinski definition) is 2. The van der Waals surface area contributed by atoms with Crippen LogP contribution in [0.2, 0.25) is 5.02 Å². The van der Waals surface area contributed by atoms with E-state index in [1.54, 1.807) is 18.2 Å². The fourth-order valence-electron chi connectivity index (χ4n) is 3.36. The number of carbonyl (C=O) groups excluding carboxylic acids is 2. The Hall–Kier alpha value is -2.85. The van der Waals surface area contributed by atoms with Crippen LogP contribution < -0.4 is 10.6 Å². The molecule has 0 fully saturated rings. The van der Waals surface area contributed by atoms with Gasteiger partial charge in [0.2, 0.25) is 11.8 Å². The first-order valence-electron chi connectivity index (χ1n) is 9.68. The Kier molecular flexibility index (Phi) is 6.55. The summed E-state index contributed by atoms with van der Waals surface area (Å²) in [5.74, 6) is -0.473. The average molecular weight is 409 g/mol. The van der Waals surface area contributed by atoms with Gasteiger partial charge in [-0.3, -0.25) is 9.59 Å². The van der Waals surface area contributed by atoms with Crippen molar-refractivity contribution in [3.05, 3.63) is 76.8 Å². The number of halogens is 1. The van der Waals surface area contributed by atoms with E-state index in [1.165, 1.54) is 0 Å². The first kappa shape index (κ1) is 20.9. The number of aryl methyl sites for hydroxylation is 1. The van der Waals surface area contributed by atoms with Crippen LogP contribution in [0.1, 0.15) is 25.0 Å². The standard InChI is InChI=1S/C24H25ClN2O2/c1-15(2)23(24(29)26-21-12-11-19(25)13-16(21)3)27-22(28)14-18-9-6-8-17-7-4-5-10-20(17)18/h4-13,15,23H,14H2,1-3H3,(H,26,29)(H,27,28)/t23-/m0/s1. The van der Waals surface area contributed by atoms with E-state index in [2.05, 4.69) is 10.6 Å². The highest BCUT2D eigenvalue weighted by atomic mass is 35.5. The van der Waals surface area contributed by atoms with Crippen molar-refractivity contribution in [3.8, 4) is 0 Å². The van der Waals surface area contributed by atoms with Crippen LogP contribution in [0.3, 0.4) is 0 Å². The van der Waals surface area contributed by atoms with Gasteiger partial charge in [0.05, 0.1) is 6.42 Å². The molecule has 2 amide bonds. The number of amides is 2. The maximum Gasteiger partial charge on any atom is 0.247 e. The Balaban J connectivity index is 1.72. The summed E-state index contributed by atoms with van der Waals surface area (Å²) in [6.07, 6.45) is 0.220. The van der Waals surface area contributed by atoms with Gasteiger partial charge in [-0.2, -0.15) is 0 Å². The monoisotopic (exact) mass is 408 g/mol. The van der Waals surface area contributed by atoms with E-state index in [1.807, 2.05) is 63.2 Å². The number of carbonyl (C=O) groups is 2. The van der Waals surface area contributed by atoms with Gasteiger partial charge in [0.1, 0.15) is 6.04 Å². The molecule has 1 atom stereocenters. The number of hydrogen-bond acceptors (Lipinski definition) is 2. The van der Waals surface area contributed by atoms with Crippen molar-refractivity contribution in [2.45, 2.75) is 33.2 Å². The molecule has 0 heterocycles. The average Bonchev–Trinajstić information content (AvgIpc) is 2.68. The summed E-state index contributed by atoms with van der Waals surface area (Å²) >= 11 is 5.98. The summed E-state index contributed by atoms with van der Waals surface area (Å²) < 4.78 is 0. The molecule has 5 heteroatoms. The minimum Gasteiger partial charge on any atom is -0.344 e. The lowest BCUT2D eigenvalue weighted by Crippen LogP contribution is -2.47. The molecule has 3 aromatic carbocycles. The highest BCUT2D eigenvalue weighted by Gasteiger charge is 2.25. The van der Waals surface area contributed by atoms with Crippen LogP contribution in [0.4, 0.5) is 5.69 Å². The zero-order valence-electron chi connectivity index (χ0n) is 16.8. The van der Waals surface area contributed by atoms with Crippen molar-refractivity contribution in [1.29, 1.82) is 0 Å². The van der Waals surface area contributed by atoms with Gasteiger partial charge in [0.25, 0.3) is 0 Å². The molecule has 29 heavy (non-hydrogen) atoms. The summed E-state index contributed by atoms with van der Waals surface area (Å²) in [7, 11) is 0. The van der Waals surface area contributed by atoms with Gasteiger partial charge in [-0.25, -0.2) is 0 Å². The van der Waals surface area contributed by atoms with E-state index in [0.29, 0.717) is 10.7 Å². The Morgan fingerprint density at radius 2 is 1.72 bits per heavy atom. The molecule has 0 spiro atoms. The largest absolute Gasteiger partial charge is 0.344 e. The molecule has 0 saturated heterocycles. The molecule has 150 valence electrons. The van der Waals surface area contributed by atoms with Gasteiger partial charge in [-0.15, -0.1) is 0 Å². The molecule has 4 nitrogen and oxygen atoms in total. The van der Waals surface area contributed by atoms with Gasteiger partial charge in [-0.05, 0) is 52.9 Å². The fraction of sp³-hybridized carbons (Fsp3) is 0.250. The van der Waals surface area contributed by atoms with Crippen LogP contribution in [0.15, 0.2) is 60.7 Å². The topological polar surface area (TPSA) is 58.2 Å². The first-order chi connectivity index (χ1) is 13.8. The lowest BCUT2D eigenvalue weighted by molar-refractivity contribution is -0.127. The van der Waals surface area contributed by atoms with Crippen LogP contribution in [0.25, 0.3) is 10.8 Å². The van der Waals surface area contributed by atoms with Crippen LogP contribution in [0.5, 0.6) is 0 Å². The smallest absolute Gasteiger partial charge is 0.247 e. The number of anilines is 1. The Bertz CT molecular complexity index is 1040. The molecular formula is C24H25ClN2O2. The van der Waals surface area contributed by atoms with Gasteiger partial charge in [-0.1, -0.05) is 67.9 Å². The van der Waals surface area contributed by atoms with Gasteiger partial charge >= 0.3 is 0 Å². The second-order valence-electron chi connectivity index (χ2n) is 7.55. The van der Waals surface area contributed by atoms with E-state index >= 15 is 0 Å². The van der Waals surface area contributed by atoms with Crippen LogP contribution in [-0.4, -0.2) is 17.9 Å². The van der Waals surface area contributed by atoms with Crippen molar-refractivity contribution in [2.75, 3.05) is 5.32 Å². The normalized spacial score (nSPS) is 12.0. The predicted octanol–water partition coefficient (Wildman–Crippen LogP) is 5.12. The second-order valence-corrected chi connectivity index (χ2v) is 7.99. The van der Waals surface area contributed by atoms with E-state index in [0.717, 1.165) is 21.9 Å². The summed E-state index contributed by atoms with van der Waals surface area (Å²) in [6, 6.07) is 18.5. The number of fused-ring (bicyclic) bond motifs is 1. The van der Waals surface area contributed by atoms with Gasteiger partial charge in [0, 0.05) is 10.7 Å². The van der Waals surface area contributed by atoms with Crippen LogP contribution >= 0.6 is 11.6 Å². The van der Waals surface area contributed by atoms with Gasteiger partial charge in [0.15, 0.2) is 0 Å². The zero-order valence-corrected chi connectivity index (χ0v) is 17.6. The highest BCUT2D eigenvalue weighted by Crippen LogP contribution is 2.21. The first-order valence-corrected chi connectivity index (χ1v) is 10.1. The number of nitrogens with one attached hydrogen (secondary N) is 2. The van der Waals surface area contributed by atoms with E-state index < -0.39 is 6.04 Å². The molecule has 0 unspecified atom stereocenters. The van der Waals surface area contributed by atoms with E-state index in [9.17, 15) is 9.59 Å². The number of benzene rings is 3. The fourth-order valence-corrected chi connectivity index (χ4v) is 3.58. The minimum absolute atomic E-state index is 0.0564. The third-order valence-corrected chi connectivity index (χ3v) is 5.18. The summed E-state index contributed by atoms with van der Waals surface area (Å²) in [5.41, 5.74) is 2.50. The molecular weight excluding hydrogens is 384 g/mol. The molecule has 3 aromatic rings. The minimum atomic E-state index is -0.632. The van der Waals surface area contributed by atoms with Crippen molar-refractivity contribution in [2.24, 2.45) is 5.92 Å². The number of rotatable bonds is 6. The molecule has 3 rings (SSSR count). The quantitative estimate of drug-likeness (QED) is 0.594. The van der Waals surface area contributed by atoms with Crippen molar-refractivity contribution < 1.29 is 9.59 Å². The molecule has 0 aliphatic rings. The zero-order chi connectivity index (χ0) is 21.0. The van der Waals surface area contributed by atoms with Crippen LogP contribution in [0, 0.1) is 12.8 Å². The Labute approximate surface area is 176 Å². The molecule has 2 N–H and O–H groups in total. The van der Waals surface area contributed by atoms with Gasteiger partial charge < -0.3 is 10.6 Å². The molecule has 0 aliphatic heterocycles. The molecule has 0 radical (unpaired) electrons. The third-order valence-electron chi connectivity index (χ3n) is 4.94. The Morgan fingerprint density at radius 1 is 1.00 bits per heavy atom. The molecule has 0 aliphatic carbocycles. The van der Waals surface area contributed by atoms with Crippen molar-refractivity contribution in [1.82, 2.24) is 5.32 Å². The summed E-state index contributed by atoms with van der Waals surface area (Å²) in [4.78, 5) is 25.6. The summed E-state index contributed by atoms with van der Waals surface area (Å²) in [5, 5.41) is 8.56. The van der Waals surface area contributed by atoms with E-state index in [4.69, 9.17) is 11.6 Å². The second kappa shape index (κ2) is 9.10. The maximum absolute atomic E-state index is 12.8.